The molecule has 126 valence electrons. The van der Waals surface area contributed by atoms with Crippen LogP contribution in [0.25, 0.3) is 0 Å². The van der Waals surface area contributed by atoms with Gasteiger partial charge in [-0.3, -0.25) is 14.3 Å². The highest BCUT2D eigenvalue weighted by molar-refractivity contribution is 5.06. The third kappa shape index (κ3) is 4.20. The lowest BCUT2D eigenvalue weighted by Gasteiger charge is -2.37. The Labute approximate surface area is 137 Å². The van der Waals surface area contributed by atoms with Crippen LogP contribution >= 0.6 is 0 Å². The lowest BCUT2D eigenvalue weighted by Crippen LogP contribution is -2.46. The maximum Gasteiger partial charge on any atom is 0.0862 e. The smallest absolute Gasteiger partial charge is 0.0862 e. The number of likely N-dealkylation sites (tertiary alicyclic amines) is 1. The number of piperidine rings is 1. The van der Waals surface area contributed by atoms with Crippen LogP contribution in [-0.4, -0.2) is 54.8 Å². The monoisotopic (exact) mass is 317 g/mol. The van der Waals surface area contributed by atoms with E-state index in [0.29, 0.717) is 19.1 Å². The van der Waals surface area contributed by atoms with E-state index in [0.717, 1.165) is 18.8 Å². The molecule has 1 saturated heterocycles. The number of hydrogen-bond donors (Lipinski definition) is 1. The standard InChI is InChI=1S/C17H27N5O/c1-14-10-15(2)22(19-14)11-16-6-3-4-8-20(16)12-17(23)13-21-9-5-7-18-21/h5,7,9-10,16-17,23H,3-4,6,8,11-13H2,1-2H3/t16-,17+/m0/s1. The molecular formula is C17H27N5O. The number of hydrogen-bond acceptors (Lipinski definition) is 4. The second-order valence-electron chi connectivity index (χ2n) is 6.64. The van der Waals surface area contributed by atoms with Gasteiger partial charge in [-0.1, -0.05) is 6.42 Å². The fourth-order valence-electron chi connectivity index (χ4n) is 3.52. The Morgan fingerprint density at radius 2 is 2.17 bits per heavy atom. The van der Waals surface area contributed by atoms with Crippen LogP contribution in [0.3, 0.4) is 0 Å². The van der Waals surface area contributed by atoms with Gasteiger partial charge in [-0.2, -0.15) is 10.2 Å². The van der Waals surface area contributed by atoms with Crippen molar-refractivity contribution in [3.63, 3.8) is 0 Å². The molecular weight excluding hydrogens is 290 g/mol. The molecule has 0 spiro atoms. The highest BCUT2D eigenvalue weighted by Crippen LogP contribution is 2.20. The molecule has 0 bridgehead atoms. The fraction of sp³-hybridized carbons (Fsp3) is 0.647. The van der Waals surface area contributed by atoms with Gasteiger partial charge in [0.15, 0.2) is 0 Å². The first kappa shape index (κ1) is 16.2. The van der Waals surface area contributed by atoms with Gasteiger partial charge in [0.05, 0.1) is 24.9 Å². The van der Waals surface area contributed by atoms with Crippen molar-refractivity contribution in [1.82, 2.24) is 24.5 Å². The molecule has 6 heteroatoms. The predicted octanol–water partition coefficient (Wildman–Crippen LogP) is 1.61. The van der Waals surface area contributed by atoms with Crippen LogP contribution in [0.5, 0.6) is 0 Å². The zero-order valence-electron chi connectivity index (χ0n) is 14.1. The molecule has 2 aromatic heterocycles. The summed E-state index contributed by atoms with van der Waals surface area (Å²) in [6, 6.07) is 4.47. The first-order chi connectivity index (χ1) is 11.1. The second-order valence-corrected chi connectivity index (χ2v) is 6.64. The lowest BCUT2D eigenvalue weighted by molar-refractivity contribution is 0.0494. The molecule has 1 N–H and O–H groups in total. The Hall–Kier alpha value is -1.66. The zero-order chi connectivity index (χ0) is 16.2. The molecule has 2 atom stereocenters. The normalized spacial score (nSPS) is 20.7. The molecule has 0 saturated carbocycles. The van der Waals surface area contributed by atoms with E-state index in [9.17, 15) is 5.11 Å². The van der Waals surface area contributed by atoms with Gasteiger partial charge in [0, 0.05) is 30.7 Å². The largest absolute Gasteiger partial charge is 0.390 e. The summed E-state index contributed by atoms with van der Waals surface area (Å²) in [7, 11) is 0. The van der Waals surface area contributed by atoms with Crippen molar-refractivity contribution in [2.45, 2.75) is 58.3 Å². The molecule has 23 heavy (non-hydrogen) atoms. The summed E-state index contributed by atoms with van der Waals surface area (Å²) >= 11 is 0. The molecule has 1 aliphatic rings. The lowest BCUT2D eigenvalue weighted by atomic mass is 10.0. The van der Waals surface area contributed by atoms with Crippen molar-refractivity contribution in [3.05, 3.63) is 35.9 Å². The first-order valence-corrected chi connectivity index (χ1v) is 8.52. The van der Waals surface area contributed by atoms with E-state index in [1.807, 2.05) is 19.2 Å². The summed E-state index contributed by atoms with van der Waals surface area (Å²) in [4.78, 5) is 2.42. The average molecular weight is 317 g/mol. The summed E-state index contributed by atoms with van der Waals surface area (Å²) in [5, 5.41) is 19.2. The van der Waals surface area contributed by atoms with Crippen LogP contribution in [-0.2, 0) is 13.1 Å². The molecule has 0 aromatic carbocycles. The van der Waals surface area contributed by atoms with Crippen molar-refractivity contribution in [2.24, 2.45) is 0 Å². The Kier molecular flexibility index (Phi) is 5.13. The quantitative estimate of drug-likeness (QED) is 0.879. The van der Waals surface area contributed by atoms with Gasteiger partial charge < -0.3 is 5.11 Å². The van der Waals surface area contributed by atoms with Crippen LogP contribution < -0.4 is 0 Å². The number of aryl methyl sites for hydroxylation is 2. The Balaban J connectivity index is 1.60. The van der Waals surface area contributed by atoms with E-state index in [1.165, 1.54) is 25.0 Å². The molecule has 0 unspecified atom stereocenters. The minimum absolute atomic E-state index is 0.393. The molecule has 0 amide bonds. The molecule has 1 fully saturated rings. The van der Waals surface area contributed by atoms with Crippen molar-refractivity contribution in [1.29, 1.82) is 0 Å². The van der Waals surface area contributed by atoms with E-state index >= 15 is 0 Å². The number of rotatable bonds is 6. The molecule has 0 radical (unpaired) electrons. The summed E-state index contributed by atoms with van der Waals surface area (Å²) in [5.41, 5.74) is 2.29. The third-order valence-electron chi connectivity index (χ3n) is 4.64. The minimum atomic E-state index is -0.393. The van der Waals surface area contributed by atoms with Crippen molar-refractivity contribution in [3.8, 4) is 0 Å². The fourth-order valence-corrected chi connectivity index (χ4v) is 3.52. The molecule has 6 nitrogen and oxygen atoms in total. The van der Waals surface area contributed by atoms with E-state index < -0.39 is 6.10 Å². The van der Waals surface area contributed by atoms with Gasteiger partial charge >= 0.3 is 0 Å². The van der Waals surface area contributed by atoms with Crippen LogP contribution in [0.2, 0.25) is 0 Å². The minimum Gasteiger partial charge on any atom is -0.390 e. The average Bonchev–Trinajstić information content (AvgIpc) is 3.11. The first-order valence-electron chi connectivity index (χ1n) is 8.52. The number of β-amino-alcohol motifs (C(OH)–C–C–N with tert-alkyl or cyclic N) is 1. The van der Waals surface area contributed by atoms with Crippen LogP contribution in [0.15, 0.2) is 24.5 Å². The van der Waals surface area contributed by atoms with Crippen LogP contribution in [0.4, 0.5) is 0 Å². The molecule has 3 heterocycles. The van der Waals surface area contributed by atoms with Gasteiger partial charge in [0.1, 0.15) is 0 Å². The van der Waals surface area contributed by atoms with Crippen LogP contribution in [0.1, 0.15) is 30.7 Å². The maximum atomic E-state index is 10.4. The van der Waals surface area contributed by atoms with Gasteiger partial charge in [0.25, 0.3) is 0 Å². The van der Waals surface area contributed by atoms with Crippen LogP contribution in [0, 0.1) is 13.8 Å². The van der Waals surface area contributed by atoms with Gasteiger partial charge in [-0.15, -0.1) is 0 Å². The number of aliphatic hydroxyl groups excluding tert-OH is 1. The van der Waals surface area contributed by atoms with E-state index in [-0.39, 0.29) is 0 Å². The summed E-state index contributed by atoms with van der Waals surface area (Å²) < 4.78 is 3.91. The summed E-state index contributed by atoms with van der Waals surface area (Å²) in [6.07, 6.45) is 6.90. The van der Waals surface area contributed by atoms with Crippen molar-refractivity contribution >= 4 is 0 Å². The number of nitrogens with zero attached hydrogens (tertiary/aromatic N) is 5. The van der Waals surface area contributed by atoms with E-state index in [4.69, 9.17) is 0 Å². The molecule has 2 aromatic rings. The zero-order valence-corrected chi connectivity index (χ0v) is 14.1. The highest BCUT2D eigenvalue weighted by atomic mass is 16.3. The maximum absolute atomic E-state index is 10.4. The Morgan fingerprint density at radius 3 is 2.87 bits per heavy atom. The summed E-state index contributed by atoms with van der Waals surface area (Å²) in [6.45, 7) is 7.37. The third-order valence-corrected chi connectivity index (χ3v) is 4.64. The summed E-state index contributed by atoms with van der Waals surface area (Å²) in [5.74, 6) is 0. The van der Waals surface area contributed by atoms with Crippen molar-refractivity contribution < 1.29 is 5.11 Å². The van der Waals surface area contributed by atoms with Gasteiger partial charge in [-0.05, 0) is 45.4 Å². The van der Waals surface area contributed by atoms with Gasteiger partial charge in [-0.25, -0.2) is 0 Å². The number of aliphatic hydroxyl groups is 1. The predicted molar refractivity (Wildman–Crippen MR) is 89.1 cm³/mol. The second kappa shape index (κ2) is 7.27. The van der Waals surface area contributed by atoms with Crippen molar-refractivity contribution in [2.75, 3.05) is 13.1 Å². The molecule has 3 rings (SSSR count). The Morgan fingerprint density at radius 1 is 1.30 bits per heavy atom. The van der Waals surface area contributed by atoms with E-state index in [2.05, 4.69) is 32.8 Å². The number of aromatic nitrogens is 4. The molecule has 0 aliphatic carbocycles. The topological polar surface area (TPSA) is 59.1 Å². The SMILES string of the molecule is Cc1cc(C)n(C[C@@H]2CCCCN2C[C@@H](O)Cn2cccn2)n1. The van der Waals surface area contributed by atoms with Gasteiger partial charge in [0.2, 0.25) is 0 Å². The van der Waals surface area contributed by atoms with E-state index in [1.54, 1.807) is 10.9 Å². The highest BCUT2D eigenvalue weighted by Gasteiger charge is 2.25. The molecule has 1 aliphatic heterocycles. The Bertz CT molecular complexity index is 607.